The van der Waals surface area contributed by atoms with Crippen LogP contribution >= 0.6 is 0 Å². The Labute approximate surface area is 225 Å². The Morgan fingerprint density at radius 1 is 0.472 bits per heavy atom. The van der Waals surface area contributed by atoms with E-state index in [4.69, 9.17) is 0 Å². The summed E-state index contributed by atoms with van der Waals surface area (Å²) in [6.45, 7) is 9.38. The minimum absolute atomic E-state index is 0.196. The molecule has 6 nitrogen and oxygen atoms in total. The van der Waals surface area contributed by atoms with Gasteiger partial charge >= 0.3 is 0 Å². The second-order valence-electron chi connectivity index (χ2n) is 12.3. The highest BCUT2D eigenvalue weighted by Crippen LogP contribution is 2.12. The third-order valence-corrected chi connectivity index (χ3v) is 7.13. The van der Waals surface area contributed by atoms with Gasteiger partial charge < -0.3 is 19.6 Å². The van der Waals surface area contributed by atoms with Crippen LogP contribution in [0.1, 0.15) is 117 Å². The highest BCUT2D eigenvalue weighted by molar-refractivity contribution is 5.77. The smallest absolute Gasteiger partial charge is 0.275 e. The molecular formula is C30H64N4O2+2. The van der Waals surface area contributed by atoms with E-state index in [1.165, 1.54) is 89.9 Å². The molecule has 0 aliphatic heterocycles. The number of nitrogens with zero attached hydrogens (tertiary/aromatic N) is 2. The first-order valence-corrected chi connectivity index (χ1v) is 15.3. The number of quaternary nitrogens is 2. The Morgan fingerprint density at radius 2 is 0.778 bits per heavy atom. The lowest BCUT2D eigenvalue weighted by Gasteiger charge is -2.29. The van der Waals surface area contributed by atoms with Gasteiger partial charge in [-0.15, -0.1) is 0 Å². The Balaban J connectivity index is 3.68. The molecule has 0 aromatic carbocycles. The standard InChI is InChI=1S/C30H62N4O2/c1-7-9-11-19-23-31-29(35)27-33(3,4)25-21-17-15-13-14-16-18-22-26-34(5,6)28-30(36)32-24-20-12-10-8-2/h7-28H2,1-6H3/p+2. The molecule has 0 fully saturated rings. The molecule has 0 heterocycles. The Hall–Kier alpha value is -1.14. The van der Waals surface area contributed by atoms with E-state index < -0.39 is 0 Å². The molecule has 0 aromatic rings. The van der Waals surface area contributed by atoms with E-state index in [0.29, 0.717) is 13.1 Å². The normalized spacial score (nSPS) is 12.1. The van der Waals surface area contributed by atoms with Gasteiger partial charge in [-0.05, 0) is 38.5 Å². The van der Waals surface area contributed by atoms with Crippen LogP contribution in [0.15, 0.2) is 0 Å². The predicted molar refractivity (Wildman–Crippen MR) is 155 cm³/mol. The molecule has 0 atom stereocenters. The molecule has 0 aromatic heterocycles. The summed E-state index contributed by atoms with van der Waals surface area (Å²) in [5, 5.41) is 6.18. The van der Waals surface area contributed by atoms with Crippen molar-refractivity contribution in [3.63, 3.8) is 0 Å². The van der Waals surface area contributed by atoms with Crippen molar-refractivity contribution in [2.45, 2.75) is 117 Å². The van der Waals surface area contributed by atoms with E-state index in [1.54, 1.807) is 0 Å². The van der Waals surface area contributed by atoms with Gasteiger partial charge in [0, 0.05) is 13.1 Å². The van der Waals surface area contributed by atoms with Crippen molar-refractivity contribution in [1.82, 2.24) is 10.6 Å². The highest BCUT2D eigenvalue weighted by atomic mass is 16.2. The van der Waals surface area contributed by atoms with Crippen LogP contribution in [0.3, 0.4) is 0 Å². The van der Waals surface area contributed by atoms with Crippen LogP contribution < -0.4 is 10.6 Å². The number of carbonyl (C=O) groups is 2. The molecule has 214 valence electrons. The molecular weight excluding hydrogens is 448 g/mol. The monoisotopic (exact) mass is 513 g/mol. The third kappa shape index (κ3) is 23.3. The van der Waals surface area contributed by atoms with E-state index in [0.717, 1.165) is 48.0 Å². The predicted octanol–water partition coefficient (Wildman–Crippen LogP) is 5.65. The highest BCUT2D eigenvalue weighted by Gasteiger charge is 2.20. The number of hydrogen-bond acceptors (Lipinski definition) is 2. The molecule has 0 aliphatic rings. The molecule has 36 heavy (non-hydrogen) atoms. The summed E-state index contributed by atoms with van der Waals surface area (Å²) in [5.74, 6) is 0.391. The van der Waals surface area contributed by atoms with E-state index in [1.807, 2.05) is 0 Å². The van der Waals surface area contributed by atoms with Crippen molar-refractivity contribution in [2.75, 3.05) is 67.5 Å². The Kier molecular flexibility index (Phi) is 21.2. The van der Waals surface area contributed by atoms with Gasteiger partial charge in [0.1, 0.15) is 0 Å². The lowest BCUT2D eigenvalue weighted by molar-refractivity contribution is -0.882. The van der Waals surface area contributed by atoms with Gasteiger partial charge in [-0.3, -0.25) is 9.59 Å². The number of rotatable bonds is 25. The minimum Gasteiger partial charge on any atom is -0.351 e. The van der Waals surface area contributed by atoms with Gasteiger partial charge in [-0.2, -0.15) is 0 Å². The summed E-state index contributed by atoms with van der Waals surface area (Å²) in [6.07, 6.45) is 19.7. The molecule has 0 bridgehead atoms. The summed E-state index contributed by atoms with van der Waals surface area (Å²) in [5.41, 5.74) is 0. The lowest BCUT2D eigenvalue weighted by atomic mass is 10.1. The van der Waals surface area contributed by atoms with Crippen molar-refractivity contribution in [2.24, 2.45) is 0 Å². The van der Waals surface area contributed by atoms with Gasteiger partial charge in [-0.25, -0.2) is 0 Å². The van der Waals surface area contributed by atoms with Crippen LogP contribution in [-0.2, 0) is 9.59 Å². The average molecular weight is 513 g/mol. The minimum atomic E-state index is 0.196. The van der Waals surface area contributed by atoms with Gasteiger partial charge in [0.25, 0.3) is 11.8 Å². The number of nitrogens with one attached hydrogen (secondary N) is 2. The second-order valence-corrected chi connectivity index (χ2v) is 12.3. The van der Waals surface area contributed by atoms with Gasteiger partial charge in [0.2, 0.25) is 0 Å². The molecule has 0 saturated heterocycles. The Bertz CT molecular complexity index is 501. The molecule has 0 radical (unpaired) electrons. The first-order valence-electron chi connectivity index (χ1n) is 15.3. The SMILES string of the molecule is CCCCCCNC(=O)C[N+](C)(C)CCCCCCCCCC[N+](C)(C)CC(=O)NCCCCCC. The topological polar surface area (TPSA) is 58.2 Å². The first-order chi connectivity index (χ1) is 17.1. The summed E-state index contributed by atoms with van der Waals surface area (Å²) in [6, 6.07) is 0. The summed E-state index contributed by atoms with van der Waals surface area (Å²) < 4.78 is 1.57. The molecule has 0 spiro atoms. The van der Waals surface area contributed by atoms with Crippen LogP contribution in [-0.4, -0.2) is 88.2 Å². The maximum absolute atomic E-state index is 12.2. The van der Waals surface area contributed by atoms with Crippen LogP contribution in [0.25, 0.3) is 0 Å². The lowest BCUT2D eigenvalue weighted by Crippen LogP contribution is -2.48. The fourth-order valence-electron chi connectivity index (χ4n) is 4.75. The zero-order valence-corrected chi connectivity index (χ0v) is 25.3. The Morgan fingerprint density at radius 3 is 1.11 bits per heavy atom. The molecule has 0 saturated carbocycles. The fraction of sp³-hybridized carbons (Fsp3) is 0.933. The number of hydrogen-bond donors (Lipinski definition) is 2. The van der Waals surface area contributed by atoms with Crippen molar-refractivity contribution < 1.29 is 18.6 Å². The van der Waals surface area contributed by atoms with Crippen molar-refractivity contribution in [3.05, 3.63) is 0 Å². The fourth-order valence-corrected chi connectivity index (χ4v) is 4.75. The van der Waals surface area contributed by atoms with E-state index in [9.17, 15) is 9.59 Å². The average Bonchev–Trinajstić information content (AvgIpc) is 2.79. The van der Waals surface area contributed by atoms with Gasteiger partial charge in [0.15, 0.2) is 13.1 Å². The van der Waals surface area contributed by atoms with Crippen LogP contribution in [0.5, 0.6) is 0 Å². The molecule has 0 aliphatic carbocycles. The number of unbranched alkanes of at least 4 members (excludes halogenated alkanes) is 13. The second kappa shape index (κ2) is 21.9. The van der Waals surface area contributed by atoms with Crippen LogP contribution in [0, 0.1) is 0 Å². The summed E-state index contributed by atoms with van der Waals surface area (Å²) in [7, 11) is 8.70. The number of amides is 2. The zero-order chi connectivity index (χ0) is 27.1. The largest absolute Gasteiger partial charge is 0.351 e. The molecule has 0 unspecified atom stereocenters. The summed E-state index contributed by atoms with van der Waals surface area (Å²) >= 11 is 0. The maximum Gasteiger partial charge on any atom is 0.275 e. The summed E-state index contributed by atoms with van der Waals surface area (Å²) in [4.78, 5) is 24.4. The quantitative estimate of drug-likeness (QED) is 0.123. The van der Waals surface area contributed by atoms with E-state index >= 15 is 0 Å². The molecule has 2 N–H and O–H groups in total. The van der Waals surface area contributed by atoms with Crippen molar-refractivity contribution >= 4 is 11.8 Å². The molecule has 0 rings (SSSR count). The zero-order valence-electron chi connectivity index (χ0n) is 25.3. The maximum atomic E-state index is 12.2. The number of carbonyl (C=O) groups excluding carboxylic acids is 2. The van der Waals surface area contributed by atoms with E-state index in [2.05, 4.69) is 52.7 Å². The molecule has 6 heteroatoms. The third-order valence-electron chi connectivity index (χ3n) is 7.13. The number of likely N-dealkylation sites (N-methyl/N-ethyl adjacent to an activating group) is 2. The van der Waals surface area contributed by atoms with Crippen LogP contribution in [0.4, 0.5) is 0 Å². The van der Waals surface area contributed by atoms with E-state index in [-0.39, 0.29) is 11.8 Å². The first kappa shape index (κ1) is 34.9. The van der Waals surface area contributed by atoms with Crippen molar-refractivity contribution in [3.8, 4) is 0 Å². The van der Waals surface area contributed by atoms with Gasteiger partial charge in [0.05, 0.1) is 41.3 Å². The van der Waals surface area contributed by atoms with Crippen molar-refractivity contribution in [1.29, 1.82) is 0 Å². The molecule has 2 amide bonds. The van der Waals surface area contributed by atoms with Gasteiger partial charge in [-0.1, -0.05) is 78.1 Å². The van der Waals surface area contributed by atoms with Crippen LogP contribution in [0.2, 0.25) is 0 Å².